The molecule has 0 saturated heterocycles. The highest BCUT2D eigenvalue weighted by molar-refractivity contribution is 5.96. The normalized spacial score (nSPS) is 11.3. The van der Waals surface area contributed by atoms with Gasteiger partial charge in [-0.1, -0.05) is 32.3 Å². The summed E-state index contributed by atoms with van der Waals surface area (Å²) in [6.45, 7) is 8.17. The number of amides is 1. The van der Waals surface area contributed by atoms with Gasteiger partial charge in [0.2, 0.25) is 0 Å². The lowest BCUT2D eigenvalue weighted by molar-refractivity contribution is 0.0942. The summed E-state index contributed by atoms with van der Waals surface area (Å²) in [4.78, 5) is 30.9. The summed E-state index contributed by atoms with van der Waals surface area (Å²) in [5, 5.41) is 11.9. The summed E-state index contributed by atoms with van der Waals surface area (Å²) in [6, 6.07) is 5.23. The number of rotatable bonds is 11. The monoisotopic (exact) mass is 439 g/mol. The molecule has 0 radical (unpaired) electrons. The lowest BCUT2D eigenvalue weighted by atomic mass is 10.1. The molecule has 0 saturated carbocycles. The third-order valence-corrected chi connectivity index (χ3v) is 5.57. The number of hydrogen-bond acceptors (Lipinski definition) is 5. The molecule has 0 aromatic carbocycles. The summed E-state index contributed by atoms with van der Waals surface area (Å²) in [5.41, 5.74) is 1.95. The Labute approximate surface area is 187 Å². The van der Waals surface area contributed by atoms with Crippen LogP contribution in [0.4, 0.5) is 0 Å². The van der Waals surface area contributed by atoms with Crippen LogP contribution in [0.25, 0.3) is 16.7 Å². The van der Waals surface area contributed by atoms with Gasteiger partial charge in [0.05, 0.1) is 10.9 Å². The highest BCUT2D eigenvalue weighted by atomic mass is 16.5. The van der Waals surface area contributed by atoms with Crippen LogP contribution in [-0.2, 0) is 11.3 Å². The van der Waals surface area contributed by atoms with Crippen LogP contribution in [0.5, 0.6) is 0 Å². The van der Waals surface area contributed by atoms with E-state index in [1.54, 1.807) is 16.8 Å². The highest BCUT2D eigenvalue weighted by Gasteiger charge is 2.17. The van der Waals surface area contributed by atoms with E-state index in [0.717, 1.165) is 31.2 Å². The number of carbonyl (C=O) groups is 1. The first kappa shape index (κ1) is 23.7. The minimum absolute atomic E-state index is 0.0844. The second-order valence-electron chi connectivity index (χ2n) is 7.96. The van der Waals surface area contributed by atoms with Crippen LogP contribution in [0.15, 0.2) is 29.2 Å². The number of nitrogens with one attached hydrogen (secondary N) is 2. The Balaban J connectivity index is 2.08. The molecule has 8 heteroatoms. The molecule has 0 spiro atoms. The summed E-state index contributed by atoms with van der Waals surface area (Å²) < 4.78 is 8.53. The molecule has 0 bridgehead atoms. The van der Waals surface area contributed by atoms with Crippen molar-refractivity contribution in [2.75, 3.05) is 19.8 Å². The summed E-state index contributed by atoms with van der Waals surface area (Å²) in [5.74, 6) is -0.357. The predicted molar refractivity (Wildman–Crippen MR) is 125 cm³/mol. The molecule has 32 heavy (non-hydrogen) atoms. The molecule has 8 nitrogen and oxygen atoms in total. The van der Waals surface area contributed by atoms with Gasteiger partial charge in [-0.2, -0.15) is 0 Å². The topological polar surface area (TPSA) is 101 Å². The van der Waals surface area contributed by atoms with Crippen LogP contribution in [0.1, 0.15) is 61.9 Å². The lowest BCUT2D eigenvalue weighted by Gasteiger charge is -2.15. The number of unbranched alkanes of at least 4 members (excludes halogenated alkanes) is 3. The van der Waals surface area contributed by atoms with E-state index in [-0.39, 0.29) is 22.5 Å². The average Bonchev–Trinajstić information content (AvgIpc) is 2.78. The summed E-state index contributed by atoms with van der Waals surface area (Å²) in [7, 11) is 0. The van der Waals surface area contributed by atoms with Crippen molar-refractivity contribution in [3.05, 3.63) is 51.4 Å². The molecule has 3 aromatic rings. The van der Waals surface area contributed by atoms with E-state index in [9.17, 15) is 9.59 Å². The standard InChI is InChI=1S/C24H33N5O3/c1-4-6-7-8-13-28-20(25)18(23(30)26-12-10-15-32-5-2)16-19-22(28)27-21-17(3)11-9-14-29(21)24(19)31/h9,11,14,16,25H,4-8,10,12-13,15H2,1-3H3,(H,26,30). The van der Waals surface area contributed by atoms with Gasteiger partial charge in [0.15, 0.2) is 0 Å². The fourth-order valence-corrected chi connectivity index (χ4v) is 3.80. The molecule has 0 unspecified atom stereocenters. The van der Waals surface area contributed by atoms with Gasteiger partial charge in [-0.3, -0.25) is 19.4 Å². The molecule has 2 N–H and O–H groups in total. The first-order valence-electron chi connectivity index (χ1n) is 11.5. The zero-order chi connectivity index (χ0) is 23.1. The molecular formula is C24H33N5O3. The van der Waals surface area contributed by atoms with Gasteiger partial charge in [0, 0.05) is 32.5 Å². The van der Waals surface area contributed by atoms with Crippen molar-refractivity contribution in [2.24, 2.45) is 0 Å². The van der Waals surface area contributed by atoms with E-state index >= 15 is 0 Å². The van der Waals surface area contributed by atoms with Crippen LogP contribution in [0.2, 0.25) is 0 Å². The Morgan fingerprint density at radius 3 is 2.75 bits per heavy atom. The van der Waals surface area contributed by atoms with Crippen molar-refractivity contribution >= 4 is 22.6 Å². The van der Waals surface area contributed by atoms with Crippen molar-refractivity contribution in [3.8, 4) is 0 Å². The molecule has 172 valence electrons. The fourth-order valence-electron chi connectivity index (χ4n) is 3.80. The molecule has 0 fully saturated rings. The fraction of sp³-hybridized carbons (Fsp3) is 0.500. The first-order chi connectivity index (χ1) is 15.5. The Morgan fingerprint density at radius 1 is 1.19 bits per heavy atom. The molecule has 0 aliphatic carbocycles. The van der Waals surface area contributed by atoms with E-state index < -0.39 is 0 Å². The van der Waals surface area contributed by atoms with Gasteiger partial charge in [-0.15, -0.1) is 0 Å². The summed E-state index contributed by atoms with van der Waals surface area (Å²) in [6.07, 6.45) is 6.45. The number of carbonyl (C=O) groups excluding carboxylic acids is 1. The van der Waals surface area contributed by atoms with Crippen molar-refractivity contribution in [1.29, 1.82) is 5.41 Å². The quantitative estimate of drug-likeness (QED) is 0.354. The van der Waals surface area contributed by atoms with Crippen LogP contribution in [0.3, 0.4) is 0 Å². The lowest BCUT2D eigenvalue weighted by Crippen LogP contribution is -2.35. The maximum atomic E-state index is 13.3. The van der Waals surface area contributed by atoms with Crippen molar-refractivity contribution in [2.45, 2.75) is 59.4 Å². The van der Waals surface area contributed by atoms with Gasteiger partial charge >= 0.3 is 0 Å². The van der Waals surface area contributed by atoms with E-state index in [2.05, 4.69) is 12.2 Å². The Bertz CT molecular complexity index is 1210. The Kier molecular flexibility index (Phi) is 8.16. The zero-order valence-corrected chi connectivity index (χ0v) is 19.2. The minimum Gasteiger partial charge on any atom is -0.382 e. The second kappa shape index (κ2) is 11.0. The molecule has 3 aromatic heterocycles. The highest BCUT2D eigenvalue weighted by Crippen LogP contribution is 2.14. The SMILES string of the molecule is CCCCCCn1c(=N)c(C(=O)NCCCOCC)cc2c(=O)n3cccc(C)c3nc21. The van der Waals surface area contributed by atoms with Crippen LogP contribution in [-0.4, -0.2) is 39.6 Å². The second-order valence-corrected chi connectivity index (χ2v) is 7.96. The third kappa shape index (κ3) is 5.07. The van der Waals surface area contributed by atoms with E-state index in [0.29, 0.717) is 49.4 Å². The maximum absolute atomic E-state index is 13.3. The van der Waals surface area contributed by atoms with Crippen LogP contribution < -0.4 is 16.4 Å². The van der Waals surface area contributed by atoms with Crippen LogP contribution >= 0.6 is 0 Å². The molecule has 0 atom stereocenters. The first-order valence-corrected chi connectivity index (χ1v) is 11.5. The molecule has 0 aliphatic rings. The largest absolute Gasteiger partial charge is 0.382 e. The van der Waals surface area contributed by atoms with Gasteiger partial charge < -0.3 is 14.6 Å². The third-order valence-electron chi connectivity index (χ3n) is 5.57. The average molecular weight is 440 g/mol. The molecule has 3 heterocycles. The predicted octanol–water partition coefficient (Wildman–Crippen LogP) is 3.17. The zero-order valence-electron chi connectivity index (χ0n) is 19.2. The number of ether oxygens (including phenoxy) is 1. The number of pyridine rings is 2. The van der Waals surface area contributed by atoms with E-state index in [4.69, 9.17) is 15.1 Å². The smallest absolute Gasteiger partial charge is 0.267 e. The molecule has 1 amide bonds. The van der Waals surface area contributed by atoms with Crippen molar-refractivity contribution in [3.63, 3.8) is 0 Å². The van der Waals surface area contributed by atoms with Gasteiger partial charge in [-0.25, -0.2) is 4.98 Å². The molecule has 0 aliphatic heterocycles. The number of aromatic nitrogens is 3. The van der Waals surface area contributed by atoms with Crippen molar-refractivity contribution in [1.82, 2.24) is 19.3 Å². The molecular weight excluding hydrogens is 406 g/mol. The maximum Gasteiger partial charge on any atom is 0.267 e. The van der Waals surface area contributed by atoms with Crippen LogP contribution in [0, 0.1) is 12.3 Å². The Hall–Kier alpha value is -3.00. The van der Waals surface area contributed by atoms with Gasteiger partial charge in [-0.05, 0) is 44.4 Å². The van der Waals surface area contributed by atoms with Gasteiger partial charge in [0.25, 0.3) is 11.5 Å². The Morgan fingerprint density at radius 2 is 2.00 bits per heavy atom. The number of aryl methyl sites for hydroxylation is 2. The van der Waals surface area contributed by atoms with Crippen molar-refractivity contribution < 1.29 is 9.53 Å². The minimum atomic E-state index is -0.357. The van der Waals surface area contributed by atoms with E-state index in [1.807, 2.05) is 19.9 Å². The number of fused-ring (bicyclic) bond motifs is 2. The molecule has 3 rings (SSSR count). The number of nitrogens with zero attached hydrogens (tertiary/aromatic N) is 3. The van der Waals surface area contributed by atoms with Gasteiger partial charge in [0.1, 0.15) is 16.8 Å². The number of hydrogen-bond donors (Lipinski definition) is 2. The van der Waals surface area contributed by atoms with E-state index in [1.165, 1.54) is 10.5 Å². The summed E-state index contributed by atoms with van der Waals surface area (Å²) >= 11 is 0.